The van der Waals surface area contributed by atoms with Crippen LogP contribution in [0.1, 0.15) is 12.0 Å². The van der Waals surface area contributed by atoms with Crippen molar-refractivity contribution in [1.82, 2.24) is 19.4 Å². The van der Waals surface area contributed by atoms with Crippen LogP contribution in [-0.2, 0) is 17.7 Å². The third kappa shape index (κ3) is 5.95. The van der Waals surface area contributed by atoms with Crippen LogP contribution in [0.5, 0.6) is 11.5 Å². The van der Waals surface area contributed by atoms with Crippen molar-refractivity contribution in [1.29, 1.82) is 0 Å². The summed E-state index contributed by atoms with van der Waals surface area (Å²) in [4.78, 5) is 25.0. The summed E-state index contributed by atoms with van der Waals surface area (Å²) in [5.41, 5.74) is 4.88. The SMILES string of the molecule is COCCOc1cnc(Nc2cc([N+](=O)[O-])c(N(C)CCN(C)C)cc2OC)nc1-c1cn2c3c(cccc13)CCC2. The predicted octanol–water partition coefficient (Wildman–Crippen LogP) is 4.73. The Hall–Kier alpha value is -4.42. The Morgan fingerprint density at radius 1 is 1.12 bits per heavy atom. The number of nitrogens with zero attached hydrogens (tertiary/aromatic N) is 6. The molecule has 0 radical (unpaired) electrons. The molecule has 5 rings (SSSR count). The van der Waals surface area contributed by atoms with Crippen LogP contribution in [0.3, 0.4) is 0 Å². The second-order valence-electron chi connectivity index (χ2n) is 10.5. The Morgan fingerprint density at radius 2 is 1.95 bits per heavy atom. The minimum absolute atomic E-state index is 0.0479. The largest absolute Gasteiger partial charge is 0.494 e. The van der Waals surface area contributed by atoms with E-state index in [9.17, 15) is 10.1 Å². The summed E-state index contributed by atoms with van der Waals surface area (Å²) >= 11 is 0. The van der Waals surface area contributed by atoms with Gasteiger partial charge in [0.1, 0.15) is 23.7 Å². The number of methoxy groups -OCH3 is 2. The fourth-order valence-electron chi connectivity index (χ4n) is 5.28. The lowest BCUT2D eigenvalue weighted by molar-refractivity contribution is -0.384. The van der Waals surface area contributed by atoms with Crippen LogP contribution in [-0.4, -0.2) is 86.0 Å². The minimum Gasteiger partial charge on any atom is -0.494 e. The molecule has 0 fully saturated rings. The number of likely N-dealkylation sites (N-methyl/N-ethyl adjacent to an activating group) is 2. The van der Waals surface area contributed by atoms with E-state index in [4.69, 9.17) is 19.2 Å². The quantitative estimate of drug-likeness (QED) is 0.136. The number of hydrogen-bond donors (Lipinski definition) is 1. The number of benzene rings is 2. The Labute approximate surface area is 245 Å². The average molecular weight is 576 g/mol. The Balaban J connectivity index is 1.56. The summed E-state index contributed by atoms with van der Waals surface area (Å²) in [6.07, 6.45) is 5.85. The number of nitrogens with one attached hydrogen (secondary N) is 1. The number of ether oxygens (including phenoxy) is 3. The molecule has 3 heterocycles. The first kappa shape index (κ1) is 29.1. The van der Waals surface area contributed by atoms with E-state index in [1.807, 2.05) is 30.9 Å². The van der Waals surface area contributed by atoms with Crippen LogP contribution in [0.15, 0.2) is 42.7 Å². The molecule has 12 heteroatoms. The number of para-hydroxylation sites is 1. The highest BCUT2D eigenvalue weighted by atomic mass is 16.6. The van der Waals surface area contributed by atoms with Gasteiger partial charge >= 0.3 is 0 Å². The van der Waals surface area contributed by atoms with Crippen molar-refractivity contribution in [3.05, 3.63) is 58.4 Å². The first-order valence-electron chi connectivity index (χ1n) is 13.9. The summed E-state index contributed by atoms with van der Waals surface area (Å²) in [7, 11) is 8.90. The highest BCUT2D eigenvalue weighted by Crippen LogP contribution is 2.41. The number of hydrogen-bond acceptors (Lipinski definition) is 10. The highest BCUT2D eigenvalue weighted by Gasteiger charge is 2.24. The Kier molecular flexibility index (Phi) is 8.74. The summed E-state index contributed by atoms with van der Waals surface area (Å²) in [5.74, 6) is 1.22. The van der Waals surface area contributed by atoms with E-state index >= 15 is 0 Å². The zero-order valence-electron chi connectivity index (χ0n) is 24.7. The summed E-state index contributed by atoms with van der Waals surface area (Å²) in [6, 6.07) is 9.48. The van der Waals surface area contributed by atoms with E-state index in [-0.39, 0.29) is 16.6 Å². The van der Waals surface area contributed by atoms with E-state index in [2.05, 4.69) is 39.3 Å². The van der Waals surface area contributed by atoms with E-state index in [1.54, 1.807) is 19.4 Å². The van der Waals surface area contributed by atoms with Gasteiger partial charge in [0.05, 0.1) is 36.0 Å². The maximum absolute atomic E-state index is 12.1. The molecule has 42 heavy (non-hydrogen) atoms. The molecule has 0 unspecified atom stereocenters. The van der Waals surface area contributed by atoms with Gasteiger partial charge in [-0.2, -0.15) is 0 Å². The molecule has 0 amide bonds. The highest BCUT2D eigenvalue weighted by molar-refractivity contribution is 5.98. The molecule has 0 saturated heterocycles. The molecule has 0 atom stereocenters. The number of anilines is 3. The lowest BCUT2D eigenvalue weighted by Crippen LogP contribution is -2.28. The zero-order chi connectivity index (χ0) is 29.8. The number of rotatable bonds is 13. The first-order chi connectivity index (χ1) is 20.3. The number of aromatic nitrogens is 3. The average Bonchev–Trinajstić information content (AvgIpc) is 3.36. The summed E-state index contributed by atoms with van der Waals surface area (Å²) < 4.78 is 19.1. The van der Waals surface area contributed by atoms with E-state index in [1.165, 1.54) is 24.3 Å². The van der Waals surface area contributed by atoms with Crippen molar-refractivity contribution in [3.63, 3.8) is 0 Å². The molecule has 1 aliphatic heterocycles. The molecular formula is C30H37N7O5. The van der Waals surface area contributed by atoms with Crippen LogP contribution in [0.2, 0.25) is 0 Å². The van der Waals surface area contributed by atoms with Gasteiger partial charge in [-0.15, -0.1) is 0 Å². The van der Waals surface area contributed by atoms with Gasteiger partial charge in [-0.3, -0.25) is 10.1 Å². The van der Waals surface area contributed by atoms with E-state index < -0.39 is 0 Å². The predicted molar refractivity (Wildman–Crippen MR) is 163 cm³/mol. The second kappa shape index (κ2) is 12.6. The molecule has 222 valence electrons. The standard InChI is InChI=1S/C30H37N7O5/c1-34(2)12-13-35(3)24-17-26(41-5)23(16-25(24)37(38)39)32-30-31-18-27(42-15-14-40-4)28(33-30)22-19-36-11-7-9-20-8-6-10-21(22)29(20)36/h6,8,10,16-19H,7,9,11-15H2,1-5H3,(H,31,32,33). The van der Waals surface area contributed by atoms with Crippen LogP contribution >= 0.6 is 0 Å². The lowest BCUT2D eigenvalue weighted by atomic mass is 10.0. The molecule has 0 spiro atoms. The second-order valence-corrected chi connectivity index (χ2v) is 10.5. The van der Waals surface area contributed by atoms with Crippen LogP contribution in [0, 0.1) is 10.1 Å². The third-order valence-electron chi connectivity index (χ3n) is 7.42. The molecule has 0 aliphatic carbocycles. The van der Waals surface area contributed by atoms with Crippen molar-refractivity contribution in [2.45, 2.75) is 19.4 Å². The molecule has 12 nitrogen and oxygen atoms in total. The molecular weight excluding hydrogens is 538 g/mol. The van der Waals surface area contributed by atoms with Gasteiger partial charge < -0.3 is 33.9 Å². The van der Waals surface area contributed by atoms with Crippen LogP contribution in [0.25, 0.3) is 22.2 Å². The zero-order valence-corrected chi connectivity index (χ0v) is 24.7. The monoisotopic (exact) mass is 575 g/mol. The fraction of sp³-hybridized carbons (Fsp3) is 0.400. The molecule has 1 aliphatic rings. The maximum Gasteiger partial charge on any atom is 0.294 e. The van der Waals surface area contributed by atoms with Crippen molar-refractivity contribution >= 4 is 33.9 Å². The van der Waals surface area contributed by atoms with Gasteiger partial charge in [0, 0.05) is 63.1 Å². The lowest BCUT2D eigenvalue weighted by Gasteiger charge is -2.22. The topological polar surface area (TPSA) is 120 Å². The van der Waals surface area contributed by atoms with Crippen molar-refractivity contribution in [3.8, 4) is 22.8 Å². The van der Waals surface area contributed by atoms with Crippen LogP contribution < -0.4 is 19.7 Å². The minimum atomic E-state index is -0.390. The molecule has 0 saturated carbocycles. The smallest absolute Gasteiger partial charge is 0.294 e. The van der Waals surface area contributed by atoms with Gasteiger partial charge in [-0.05, 0) is 32.5 Å². The summed E-state index contributed by atoms with van der Waals surface area (Å²) in [5, 5.41) is 16.4. The number of nitro benzene ring substituents is 1. The normalized spacial score (nSPS) is 12.5. The molecule has 2 aromatic heterocycles. The Bertz CT molecular complexity index is 1590. The van der Waals surface area contributed by atoms with Gasteiger partial charge in [0.25, 0.3) is 5.69 Å². The molecule has 0 bridgehead atoms. The Morgan fingerprint density at radius 3 is 2.69 bits per heavy atom. The van der Waals surface area contributed by atoms with E-state index in [0.29, 0.717) is 48.3 Å². The van der Waals surface area contributed by atoms with Crippen molar-refractivity contribution in [2.24, 2.45) is 0 Å². The molecule has 1 N–H and O–H groups in total. The summed E-state index contributed by atoms with van der Waals surface area (Å²) in [6.45, 7) is 3.03. The van der Waals surface area contributed by atoms with Crippen LogP contribution in [0.4, 0.5) is 23.0 Å². The number of aryl methyl sites for hydroxylation is 2. The van der Waals surface area contributed by atoms with Crippen molar-refractivity contribution < 1.29 is 19.1 Å². The van der Waals surface area contributed by atoms with Gasteiger partial charge in [-0.1, -0.05) is 18.2 Å². The third-order valence-corrected chi connectivity index (χ3v) is 7.42. The molecule has 4 aromatic rings. The molecule has 2 aromatic carbocycles. The first-order valence-corrected chi connectivity index (χ1v) is 13.9. The van der Waals surface area contributed by atoms with Gasteiger partial charge in [0.2, 0.25) is 5.95 Å². The van der Waals surface area contributed by atoms with Crippen molar-refractivity contribution in [2.75, 3.05) is 71.9 Å². The maximum atomic E-state index is 12.1. The fourth-order valence-corrected chi connectivity index (χ4v) is 5.28. The van der Waals surface area contributed by atoms with Gasteiger partial charge in [-0.25, -0.2) is 9.97 Å². The number of nitro groups is 1. The van der Waals surface area contributed by atoms with E-state index in [0.717, 1.165) is 36.9 Å². The van der Waals surface area contributed by atoms with Gasteiger partial charge in [0.15, 0.2) is 5.75 Å².